The van der Waals surface area contributed by atoms with Crippen LogP contribution in [0.5, 0.6) is 11.6 Å². The van der Waals surface area contributed by atoms with E-state index < -0.39 is 11.4 Å². The lowest BCUT2D eigenvalue weighted by Crippen LogP contribution is -2.60. The second kappa shape index (κ2) is 8.59. The molecule has 0 bridgehead atoms. The van der Waals surface area contributed by atoms with Gasteiger partial charge in [-0.2, -0.15) is 0 Å². The van der Waals surface area contributed by atoms with E-state index in [1.165, 1.54) is 34.6 Å². The highest BCUT2D eigenvalue weighted by Gasteiger charge is 2.38. The molecule has 0 atom stereocenters. The number of anilines is 1. The zero-order chi connectivity index (χ0) is 25.8. The second-order valence-corrected chi connectivity index (χ2v) is 9.43. The Morgan fingerprint density at radius 2 is 1.81 bits per heavy atom. The van der Waals surface area contributed by atoms with Crippen molar-refractivity contribution in [2.75, 3.05) is 25.1 Å². The maximum absolute atomic E-state index is 14.8. The molecule has 0 amide bonds. The van der Waals surface area contributed by atoms with Crippen LogP contribution in [0.3, 0.4) is 0 Å². The Balaban J connectivity index is 1.57. The summed E-state index contributed by atoms with van der Waals surface area (Å²) >= 11 is 6.45. The van der Waals surface area contributed by atoms with Crippen LogP contribution in [0.2, 0.25) is 5.02 Å². The van der Waals surface area contributed by atoms with E-state index in [-0.39, 0.29) is 27.6 Å². The summed E-state index contributed by atoms with van der Waals surface area (Å²) in [7, 11) is 3.04. The minimum absolute atomic E-state index is 0.162. The van der Waals surface area contributed by atoms with Gasteiger partial charge in [-0.3, -0.25) is 4.57 Å². The summed E-state index contributed by atoms with van der Waals surface area (Å²) in [5.74, 6) is -0.368. The van der Waals surface area contributed by atoms with Gasteiger partial charge in [0.05, 0.1) is 23.4 Å². The highest BCUT2D eigenvalue weighted by molar-refractivity contribution is 6.32. The molecule has 1 aliphatic heterocycles. The Labute approximate surface area is 211 Å². The van der Waals surface area contributed by atoms with Gasteiger partial charge in [-0.15, -0.1) is 0 Å². The molecule has 0 aliphatic carbocycles. The van der Waals surface area contributed by atoms with E-state index in [2.05, 4.69) is 17.4 Å². The first-order valence-corrected chi connectivity index (χ1v) is 11.4. The average Bonchev–Trinajstić information content (AvgIpc) is 3.16. The van der Waals surface area contributed by atoms with Crippen molar-refractivity contribution in [3.05, 3.63) is 76.3 Å². The lowest BCUT2D eigenvalue weighted by atomic mass is 9.94. The molecule has 0 unspecified atom stereocenters. The zero-order valence-corrected chi connectivity index (χ0v) is 20.5. The molecule has 8 nitrogen and oxygen atoms in total. The Morgan fingerprint density at radius 1 is 1.11 bits per heavy atom. The van der Waals surface area contributed by atoms with Crippen LogP contribution in [-0.4, -0.2) is 50.1 Å². The summed E-state index contributed by atoms with van der Waals surface area (Å²) in [4.78, 5) is 18.5. The number of hydrogen-bond acceptors (Lipinski definition) is 6. The number of β-amino-alcohol motifs (C(OH)–C–C–N with tert-alkyl or cyclic N) is 1. The quantitative estimate of drug-likeness (QED) is 0.428. The predicted molar refractivity (Wildman–Crippen MR) is 133 cm³/mol. The van der Waals surface area contributed by atoms with Gasteiger partial charge in [-0.25, -0.2) is 18.7 Å². The van der Waals surface area contributed by atoms with Crippen molar-refractivity contribution in [3.63, 3.8) is 0 Å². The number of nitrogens with zero attached hydrogens (tertiary/aromatic N) is 4. The SMILES string of the molecule is COc1ncc(-c2cc(F)cc(-c3ccc(-n4c#cn(C)c4=O)c(Cl)c3)c2O)cc1N1CC(C)(O)C1. The number of benzene rings is 2. The molecule has 2 aromatic heterocycles. The molecular formula is C26H22ClFN4O4. The molecule has 2 N–H and O–H groups in total. The van der Waals surface area contributed by atoms with E-state index in [1.54, 1.807) is 38.2 Å². The number of aliphatic hydroxyl groups is 1. The number of rotatable bonds is 5. The van der Waals surface area contributed by atoms with Gasteiger partial charge >= 0.3 is 5.69 Å². The van der Waals surface area contributed by atoms with Gasteiger partial charge in [0.1, 0.15) is 17.3 Å². The van der Waals surface area contributed by atoms with Gasteiger partial charge in [0.25, 0.3) is 0 Å². The normalized spacial score (nSPS) is 14.3. The lowest BCUT2D eigenvalue weighted by Gasteiger charge is -2.45. The first-order valence-electron chi connectivity index (χ1n) is 11.0. The van der Waals surface area contributed by atoms with E-state index in [1.807, 2.05) is 4.90 Å². The first-order chi connectivity index (χ1) is 17.1. The number of hydrogen-bond donors (Lipinski definition) is 2. The molecular weight excluding hydrogens is 487 g/mol. The molecule has 1 aliphatic rings. The van der Waals surface area contributed by atoms with Gasteiger partial charge in [0, 0.05) is 55.4 Å². The Hall–Kier alpha value is -4.00. The van der Waals surface area contributed by atoms with Crippen LogP contribution in [0.25, 0.3) is 27.9 Å². The molecule has 1 fully saturated rings. The van der Waals surface area contributed by atoms with Gasteiger partial charge in [0.15, 0.2) is 0 Å². The largest absolute Gasteiger partial charge is 0.507 e. The number of methoxy groups -OCH3 is 1. The molecule has 1 saturated heterocycles. The minimum Gasteiger partial charge on any atom is -0.507 e. The lowest BCUT2D eigenvalue weighted by molar-refractivity contribution is 0.0307. The molecule has 184 valence electrons. The van der Waals surface area contributed by atoms with Crippen LogP contribution in [-0.2, 0) is 7.05 Å². The third-order valence-corrected chi connectivity index (χ3v) is 6.42. The van der Waals surface area contributed by atoms with Gasteiger partial charge in [0.2, 0.25) is 5.88 Å². The summed E-state index contributed by atoms with van der Waals surface area (Å²) in [5.41, 5.74) is 1.20. The van der Waals surface area contributed by atoms with E-state index in [0.29, 0.717) is 41.5 Å². The summed E-state index contributed by atoms with van der Waals surface area (Å²) < 4.78 is 22.6. The van der Waals surface area contributed by atoms with Crippen LogP contribution in [0.4, 0.5) is 10.1 Å². The van der Waals surface area contributed by atoms with Crippen molar-refractivity contribution in [2.24, 2.45) is 7.05 Å². The number of phenolic OH excluding ortho intramolecular Hbond substituents is 1. The topological polar surface area (TPSA) is 92.8 Å². The number of aromatic nitrogens is 3. The maximum Gasteiger partial charge on any atom is 0.347 e. The third-order valence-electron chi connectivity index (χ3n) is 6.12. The predicted octanol–water partition coefficient (Wildman–Crippen LogP) is 3.58. The highest BCUT2D eigenvalue weighted by Crippen LogP contribution is 2.43. The number of pyridine rings is 1. The van der Waals surface area contributed by atoms with Crippen molar-refractivity contribution in [1.29, 1.82) is 0 Å². The highest BCUT2D eigenvalue weighted by atomic mass is 35.5. The fraction of sp³-hybridized carbons (Fsp3) is 0.231. The summed E-state index contributed by atoms with van der Waals surface area (Å²) in [6.07, 6.45) is 6.83. The van der Waals surface area contributed by atoms with Crippen molar-refractivity contribution < 1.29 is 19.3 Å². The monoisotopic (exact) mass is 508 g/mol. The summed E-state index contributed by atoms with van der Waals surface area (Å²) in [6.45, 7) is 2.51. The molecule has 4 aromatic rings. The molecule has 5 rings (SSSR count). The molecule has 36 heavy (non-hydrogen) atoms. The van der Waals surface area contributed by atoms with E-state index in [4.69, 9.17) is 16.3 Å². The molecule has 0 spiro atoms. The maximum atomic E-state index is 14.8. The van der Waals surface area contributed by atoms with Gasteiger partial charge < -0.3 is 19.8 Å². The van der Waals surface area contributed by atoms with Crippen LogP contribution in [0, 0.1) is 18.2 Å². The van der Waals surface area contributed by atoms with E-state index >= 15 is 0 Å². The van der Waals surface area contributed by atoms with Crippen molar-refractivity contribution in [3.8, 4) is 39.6 Å². The third kappa shape index (κ3) is 4.04. The molecule has 2 aromatic carbocycles. The summed E-state index contributed by atoms with van der Waals surface area (Å²) in [6, 6.07) is 8.95. The Morgan fingerprint density at radius 3 is 2.39 bits per heavy atom. The minimum atomic E-state index is -0.818. The smallest absolute Gasteiger partial charge is 0.347 e. The second-order valence-electron chi connectivity index (χ2n) is 9.02. The van der Waals surface area contributed by atoms with Crippen molar-refractivity contribution >= 4 is 17.3 Å². The van der Waals surface area contributed by atoms with Crippen molar-refractivity contribution in [2.45, 2.75) is 12.5 Å². The molecule has 3 heterocycles. The van der Waals surface area contributed by atoms with Crippen LogP contribution >= 0.6 is 11.6 Å². The van der Waals surface area contributed by atoms with Gasteiger partial charge in [-0.1, -0.05) is 17.7 Å². The van der Waals surface area contributed by atoms with Gasteiger partial charge in [-0.05, 0) is 42.8 Å². The zero-order valence-electron chi connectivity index (χ0n) is 19.7. The van der Waals surface area contributed by atoms with E-state index in [0.717, 1.165) is 0 Å². The fourth-order valence-electron chi connectivity index (χ4n) is 4.35. The summed E-state index contributed by atoms with van der Waals surface area (Å²) in [5, 5.41) is 21.5. The van der Waals surface area contributed by atoms with Crippen molar-refractivity contribution in [1.82, 2.24) is 14.1 Å². The first kappa shape index (κ1) is 23.7. The average molecular weight is 509 g/mol. The molecule has 10 heteroatoms. The number of aromatic hydroxyl groups is 1. The number of ether oxygens (including phenoxy) is 1. The van der Waals surface area contributed by atoms with E-state index in [9.17, 15) is 19.4 Å². The molecule has 0 saturated carbocycles. The molecule has 0 radical (unpaired) electrons. The number of phenols is 1. The van der Waals surface area contributed by atoms with Crippen LogP contribution in [0.15, 0.2) is 47.4 Å². The standard InChI is InChI=1S/C26H22ClFN4O4/c1-26(35)13-31(14-26)22-9-16(12-29-24(22)36-3)19-11-17(28)10-18(23(19)33)15-4-5-21(20(27)8-15)32-7-6-30(2)25(32)34/h4-5,8-12,33,35H,13-14H2,1-3H3. The number of halogens is 2. The Bertz CT molecular complexity index is 1540. The van der Waals surface area contributed by atoms with Crippen LogP contribution in [0.1, 0.15) is 6.92 Å². The fourth-order valence-corrected chi connectivity index (χ4v) is 4.61. The Kier molecular flexibility index (Phi) is 5.66. The van der Waals surface area contributed by atoms with Crippen LogP contribution < -0.4 is 15.3 Å².